The van der Waals surface area contributed by atoms with Crippen molar-refractivity contribution in [3.8, 4) is 0 Å². The molecule has 3 aromatic heterocycles. The first-order valence-corrected chi connectivity index (χ1v) is 13.5. The molecule has 8 nitrogen and oxygen atoms in total. The molecule has 0 spiro atoms. The van der Waals surface area contributed by atoms with Crippen molar-refractivity contribution in [2.45, 2.75) is 84.7 Å². The summed E-state index contributed by atoms with van der Waals surface area (Å²) in [6, 6.07) is 10.7. The Labute approximate surface area is 218 Å². The average Bonchev–Trinajstić information content (AvgIpc) is 3.47. The van der Waals surface area contributed by atoms with Crippen LogP contribution in [0.1, 0.15) is 90.6 Å². The van der Waals surface area contributed by atoms with Gasteiger partial charge in [0.1, 0.15) is 5.39 Å². The van der Waals surface area contributed by atoms with Gasteiger partial charge in [-0.1, -0.05) is 71.7 Å². The zero-order valence-corrected chi connectivity index (χ0v) is 22.8. The van der Waals surface area contributed by atoms with Gasteiger partial charge in [-0.3, -0.25) is 9.48 Å². The highest BCUT2D eigenvalue weighted by molar-refractivity contribution is 5.91. The quantitative estimate of drug-likeness (QED) is 0.321. The Bertz CT molecular complexity index is 1420. The lowest BCUT2D eigenvalue weighted by molar-refractivity contribution is 0.246. The fraction of sp³-hybridized carbons (Fsp3) is 0.517. The molecule has 1 aliphatic carbocycles. The van der Waals surface area contributed by atoms with Crippen LogP contribution in [0.5, 0.6) is 0 Å². The smallest absolute Gasteiger partial charge is 0.261 e. The lowest BCUT2D eigenvalue weighted by Gasteiger charge is -2.29. The van der Waals surface area contributed by atoms with Crippen molar-refractivity contribution in [3.05, 3.63) is 64.3 Å². The number of hydrogen-bond acceptors (Lipinski definition) is 5. The lowest BCUT2D eigenvalue weighted by Crippen LogP contribution is -2.22. The number of aromatic nitrogens is 6. The van der Waals surface area contributed by atoms with Crippen molar-refractivity contribution in [2.75, 3.05) is 5.32 Å². The van der Waals surface area contributed by atoms with Crippen LogP contribution in [0.3, 0.4) is 0 Å². The summed E-state index contributed by atoms with van der Waals surface area (Å²) in [6.45, 7) is 13.1. The minimum absolute atomic E-state index is 0.0486. The van der Waals surface area contributed by atoms with Crippen LogP contribution in [0.4, 0.5) is 11.5 Å². The summed E-state index contributed by atoms with van der Waals surface area (Å²) in [6.07, 6.45) is 8.53. The van der Waals surface area contributed by atoms with Gasteiger partial charge in [0, 0.05) is 23.5 Å². The molecule has 4 aromatic rings. The number of anilines is 2. The van der Waals surface area contributed by atoms with Gasteiger partial charge in [-0.25, -0.2) is 4.68 Å². The fourth-order valence-corrected chi connectivity index (χ4v) is 5.60. The molecule has 1 saturated carbocycles. The van der Waals surface area contributed by atoms with Crippen LogP contribution in [0.25, 0.3) is 10.9 Å². The van der Waals surface area contributed by atoms with E-state index in [-0.39, 0.29) is 17.0 Å². The standard InChI is InChI=1S/C29H39N7O/c1-18(2)26(35-17-24(32-34-35)29(4,5)6)20-11-13-21(14-12-20)31-27-25-23(15-16-30-28(25)37)36(33-27)22-10-8-7-9-19(22)3/h11-19,22,26H,7-10H2,1-6H3,(H,30,37)(H,31,33)/t19-,22-,26?/m0/s1. The highest BCUT2D eigenvalue weighted by Crippen LogP contribution is 2.37. The van der Waals surface area contributed by atoms with Crippen molar-refractivity contribution in [1.82, 2.24) is 29.8 Å². The Kier molecular flexibility index (Phi) is 6.68. The normalized spacial score (nSPS) is 19.4. The molecule has 3 atom stereocenters. The van der Waals surface area contributed by atoms with Crippen molar-refractivity contribution < 1.29 is 0 Å². The fourth-order valence-electron chi connectivity index (χ4n) is 5.60. The predicted molar refractivity (Wildman–Crippen MR) is 148 cm³/mol. The number of fused-ring (bicyclic) bond motifs is 1. The van der Waals surface area contributed by atoms with Crippen LogP contribution in [-0.4, -0.2) is 29.8 Å². The summed E-state index contributed by atoms with van der Waals surface area (Å²) in [4.78, 5) is 15.7. The van der Waals surface area contributed by atoms with Crippen LogP contribution in [0, 0.1) is 11.8 Å². The molecule has 5 rings (SSSR count). The van der Waals surface area contributed by atoms with Gasteiger partial charge in [0.25, 0.3) is 5.56 Å². The molecule has 1 aliphatic rings. The van der Waals surface area contributed by atoms with Gasteiger partial charge in [0.2, 0.25) is 0 Å². The van der Waals surface area contributed by atoms with Gasteiger partial charge in [-0.05, 0) is 48.4 Å². The first kappa shape index (κ1) is 25.2. The molecule has 2 N–H and O–H groups in total. The third-order valence-electron chi connectivity index (χ3n) is 7.72. The molecule has 1 fully saturated rings. The third-order valence-corrected chi connectivity index (χ3v) is 7.72. The van der Waals surface area contributed by atoms with E-state index in [1.54, 1.807) is 6.20 Å². The zero-order valence-electron chi connectivity index (χ0n) is 22.8. The maximum atomic E-state index is 12.9. The van der Waals surface area contributed by atoms with Gasteiger partial charge in [-0.2, -0.15) is 5.10 Å². The number of pyridine rings is 1. The average molecular weight is 502 g/mol. The van der Waals surface area contributed by atoms with Crippen LogP contribution in [0.15, 0.2) is 47.5 Å². The molecular formula is C29H39N7O. The summed E-state index contributed by atoms with van der Waals surface area (Å²) in [7, 11) is 0. The van der Waals surface area contributed by atoms with Gasteiger partial charge in [0.15, 0.2) is 5.82 Å². The molecular weight excluding hydrogens is 462 g/mol. The molecule has 37 heavy (non-hydrogen) atoms. The van der Waals surface area contributed by atoms with Gasteiger partial charge in [-0.15, -0.1) is 5.10 Å². The second kappa shape index (κ2) is 9.80. The SMILES string of the molecule is CC(C)C(c1ccc(Nc2nn([C@H]3CCCC[C@@H]3C)c3cc[nH]c(=O)c23)cc1)n1cc(C(C)(C)C)nn1. The molecule has 0 amide bonds. The number of benzene rings is 1. The van der Waals surface area contributed by atoms with E-state index in [2.05, 4.69) is 97.3 Å². The Morgan fingerprint density at radius 1 is 1.08 bits per heavy atom. The number of rotatable bonds is 6. The number of nitrogens with zero attached hydrogens (tertiary/aromatic N) is 5. The Morgan fingerprint density at radius 2 is 1.81 bits per heavy atom. The first-order valence-electron chi connectivity index (χ1n) is 13.5. The summed E-state index contributed by atoms with van der Waals surface area (Å²) in [5, 5.41) is 17.9. The van der Waals surface area contributed by atoms with Crippen LogP contribution in [-0.2, 0) is 5.41 Å². The van der Waals surface area contributed by atoms with E-state index in [1.807, 2.05) is 10.7 Å². The minimum atomic E-state index is -0.118. The topological polar surface area (TPSA) is 93.4 Å². The van der Waals surface area contributed by atoms with Gasteiger partial charge < -0.3 is 10.3 Å². The maximum absolute atomic E-state index is 12.9. The first-order chi connectivity index (χ1) is 17.6. The Hall–Kier alpha value is -3.42. The Balaban J connectivity index is 1.45. The molecule has 0 bridgehead atoms. The number of hydrogen-bond donors (Lipinski definition) is 2. The highest BCUT2D eigenvalue weighted by atomic mass is 16.1. The van der Waals surface area contributed by atoms with E-state index in [9.17, 15) is 4.79 Å². The van der Waals surface area contributed by atoms with E-state index < -0.39 is 0 Å². The number of nitrogens with one attached hydrogen (secondary N) is 2. The van der Waals surface area contributed by atoms with E-state index in [1.165, 1.54) is 19.3 Å². The molecule has 1 unspecified atom stereocenters. The second-order valence-electron chi connectivity index (χ2n) is 12.0. The third kappa shape index (κ3) is 4.93. The number of aromatic amines is 1. The van der Waals surface area contributed by atoms with Crippen molar-refractivity contribution in [1.29, 1.82) is 0 Å². The van der Waals surface area contributed by atoms with Crippen LogP contribution >= 0.6 is 0 Å². The number of H-pyrrole nitrogens is 1. The molecule has 0 saturated heterocycles. The van der Waals surface area contributed by atoms with E-state index in [0.29, 0.717) is 29.1 Å². The Morgan fingerprint density at radius 3 is 2.46 bits per heavy atom. The van der Waals surface area contributed by atoms with Crippen molar-refractivity contribution >= 4 is 22.4 Å². The second-order valence-corrected chi connectivity index (χ2v) is 12.0. The largest absolute Gasteiger partial charge is 0.338 e. The predicted octanol–water partition coefficient (Wildman–Crippen LogP) is 6.35. The maximum Gasteiger partial charge on any atom is 0.261 e. The van der Waals surface area contributed by atoms with Gasteiger partial charge in [0.05, 0.1) is 23.3 Å². The summed E-state index contributed by atoms with van der Waals surface area (Å²) < 4.78 is 4.06. The molecule has 196 valence electrons. The summed E-state index contributed by atoms with van der Waals surface area (Å²) in [5.41, 5.74) is 3.76. The summed E-state index contributed by atoms with van der Waals surface area (Å²) >= 11 is 0. The molecule has 3 heterocycles. The van der Waals surface area contributed by atoms with Crippen LogP contribution in [0.2, 0.25) is 0 Å². The highest BCUT2D eigenvalue weighted by Gasteiger charge is 2.27. The van der Waals surface area contributed by atoms with Crippen LogP contribution < -0.4 is 10.9 Å². The molecule has 0 radical (unpaired) electrons. The van der Waals surface area contributed by atoms with Crippen molar-refractivity contribution in [2.24, 2.45) is 11.8 Å². The van der Waals surface area contributed by atoms with Gasteiger partial charge >= 0.3 is 0 Å². The monoisotopic (exact) mass is 501 g/mol. The zero-order chi connectivity index (χ0) is 26.3. The lowest BCUT2D eigenvalue weighted by atomic mass is 9.86. The summed E-state index contributed by atoms with van der Waals surface area (Å²) in [5.74, 6) is 1.48. The van der Waals surface area contributed by atoms with E-state index >= 15 is 0 Å². The van der Waals surface area contributed by atoms with Crippen molar-refractivity contribution in [3.63, 3.8) is 0 Å². The molecule has 0 aliphatic heterocycles. The molecule has 1 aromatic carbocycles. The molecule has 8 heteroatoms. The van der Waals surface area contributed by atoms with E-state index in [4.69, 9.17) is 5.10 Å². The minimum Gasteiger partial charge on any atom is -0.338 e. The van der Waals surface area contributed by atoms with E-state index in [0.717, 1.165) is 28.9 Å².